The first-order valence-corrected chi connectivity index (χ1v) is 8.93. The third kappa shape index (κ3) is 4.27. The number of nitrogens with two attached hydrogens (primary N) is 1. The number of nitrogens with zero attached hydrogens (tertiary/aromatic N) is 1. The van der Waals surface area contributed by atoms with Crippen molar-refractivity contribution in [3.05, 3.63) is 76.3 Å². The van der Waals surface area contributed by atoms with Gasteiger partial charge in [0.15, 0.2) is 6.54 Å². The summed E-state index contributed by atoms with van der Waals surface area (Å²) in [5.41, 5.74) is 1.10. The standard InChI is InChI=1S/C21H21N3O4/c1-14(17-9-5-7-15-6-3-4-8-18(15)17)22-13-21(25)23-19-11-10-16(28-2)12-20(19)24(26)27/h3-12,14,22H,13H2,1-2H3,(H,23,25)/p+1/t14-/m0/s1. The zero-order valence-corrected chi connectivity index (χ0v) is 15.7. The number of rotatable bonds is 7. The average Bonchev–Trinajstić information content (AvgIpc) is 2.71. The molecule has 7 heteroatoms. The molecular weight excluding hydrogens is 358 g/mol. The maximum Gasteiger partial charge on any atom is 0.296 e. The van der Waals surface area contributed by atoms with Crippen molar-refractivity contribution in [3.63, 3.8) is 0 Å². The molecule has 0 saturated carbocycles. The van der Waals surface area contributed by atoms with Crippen molar-refractivity contribution in [1.82, 2.24) is 0 Å². The molecule has 1 atom stereocenters. The molecule has 0 aromatic heterocycles. The van der Waals surface area contributed by atoms with E-state index in [9.17, 15) is 14.9 Å². The van der Waals surface area contributed by atoms with Crippen LogP contribution in [0.15, 0.2) is 60.7 Å². The summed E-state index contributed by atoms with van der Waals surface area (Å²) < 4.78 is 5.00. The van der Waals surface area contributed by atoms with E-state index in [0.717, 1.165) is 16.3 Å². The Balaban J connectivity index is 1.68. The van der Waals surface area contributed by atoms with Crippen LogP contribution in [0.4, 0.5) is 11.4 Å². The van der Waals surface area contributed by atoms with E-state index in [1.54, 1.807) is 6.07 Å². The van der Waals surface area contributed by atoms with E-state index in [0.29, 0.717) is 5.75 Å². The number of carbonyl (C=O) groups excluding carboxylic acids is 1. The van der Waals surface area contributed by atoms with Gasteiger partial charge in [0, 0.05) is 5.56 Å². The Bertz CT molecular complexity index is 1010. The van der Waals surface area contributed by atoms with Gasteiger partial charge in [-0.3, -0.25) is 14.9 Å². The molecule has 3 N–H and O–H groups in total. The Kier molecular flexibility index (Phi) is 5.86. The Hall–Kier alpha value is -3.45. The fraction of sp³-hybridized carbons (Fsp3) is 0.190. The summed E-state index contributed by atoms with van der Waals surface area (Å²) in [6.45, 7) is 2.18. The first-order chi connectivity index (χ1) is 13.5. The SMILES string of the molecule is COc1ccc(NC(=O)C[NH2+][C@@H](C)c2cccc3ccccc23)c([N+](=O)[O-])c1. The third-order valence-corrected chi connectivity index (χ3v) is 4.65. The smallest absolute Gasteiger partial charge is 0.296 e. The van der Waals surface area contributed by atoms with Gasteiger partial charge in [-0.05, 0) is 29.8 Å². The van der Waals surface area contributed by atoms with Crippen LogP contribution < -0.4 is 15.4 Å². The highest BCUT2D eigenvalue weighted by Gasteiger charge is 2.19. The van der Waals surface area contributed by atoms with Crippen LogP contribution in [-0.4, -0.2) is 24.5 Å². The van der Waals surface area contributed by atoms with Gasteiger partial charge >= 0.3 is 0 Å². The van der Waals surface area contributed by atoms with Crippen molar-refractivity contribution in [2.75, 3.05) is 19.0 Å². The highest BCUT2D eigenvalue weighted by molar-refractivity contribution is 5.94. The fourth-order valence-electron chi connectivity index (χ4n) is 3.15. The monoisotopic (exact) mass is 380 g/mol. The number of amides is 1. The molecule has 3 aromatic rings. The van der Waals surface area contributed by atoms with Crippen LogP contribution in [-0.2, 0) is 4.79 Å². The first-order valence-electron chi connectivity index (χ1n) is 8.93. The minimum absolute atomic E-state index is 0.0581. The summed E-state index contributed by atoms with van der Waals surface area (Å²) in [7, 11) is 1.43. The molecule has 3 aromatic carbocycles. The number of nitrogens with one attached hydrogen (secondary N) is 1. The molecule has 7 nitrogen and oxygen atoms in total. The lowest BCUT2D eigenvalue weighted by Crippen LogP contribution is -2.86. The van der Waals surface area contributed by atoms with Gasteiger partial charge in [-0.25, -0.2) is 0 Å². The maximum atomic E-state index is 12.3. The van der Waals surface area contributed by atoms with Gasteiger partial charge in [0.2, 0.25) is 0 Å². The number of methoxy groups -OCH3 is 1. The largest absolute Gasteiger partial charge is 0.496 e. The second-order valence-corrected chi connectivity index (χ2v) is 6.49. The molecule has 0 spiro atoms. The number of nitro benzene ring substituents is 1. The molecule has 0 bridgehead atoms. The van der Waals surface area contributed by atoms with Crippen molar-refractivity contribution in [1.29, 1.82) is 0 Å². The van der Waals surface area contributed by atoms with Crippen LogP contribution in [0.1, 0.15) is 18.5 Å². The van der Waals surface area contributed by atoms with E-state index in [1.807, 2.05) is 30.4 Å². The van der Waals surface area contributed by atoms with E-state index in [4.69, 9.17) is 4.74 Å². The maximum absolute atomic E-state index is 12.3. The van der Waals surface area contributed by atoms with Gasteiger partial charge in [-0.15, -0.1) is 0 Å². The molecule has 144 valence electrons. The van der Waals surface area contributed by atoms with E-state index in [-0.39, 0.29) is 29.9 Å². The molecule has 28 heavy (non-hydrogen) atoms. The van der Waals surface area contributed by atoms with Crippen LogP contribution in [0.2, 0.25) is 0 Å². The van der Waals surface area contributed by atoms with Crippen LogP contribution in [0, 0.1) is 10.1 Å². The number of hydrogen-bond acceptors (Lipinski definition) is 4. The number of fused-ring (bicyclic) bond motifs is 1. The van der Waals surface area contributed by atoms with Crippen molar-refractivity contribution >= 4 is 28.1 Å². The van der Waals surface area contributed by atoms with E-state index < -0.39 is 4.92 Å². The van der Waals surface area contributed by atoms with Gasteiger partial charge in [0.1, 0.15) is 17.5 Å². The molecule has 0 heterocycles. The minimum atomic E-state index is -0.541. The predicted molar refractivity (Wildman–Crippen MR) is 107 cm³/mol. The van der Waals surface area contributed by atoms with Gasteiger partial charge in [0.05, 0.1) is 18.1 Å². The van der Waals surface area contributed by atoms with Crippen LogP contribution >= 0.6 is 0 Å². The molecule has 0 aliphatic heterocycles. The van der Waals surface area contributed by atoms with Crippen LogP contribution in [0.3, 0.4) is 0 Å². The summed E-state index contributed by atoms with van der Waals surface area (Å²) in [5, 5.41) is 18.1. The molecule has 3 rings (SSSR count). The second-order valence-electron chi connectivity index (χ2n) is 6.49. The van der Waals surface area contributed by atoms with Gasteiger partial charge < -0.3 is 15.4 Å². The Morgan fingerprint density at radius 2 is 1.93 bits per heavy atom. The molecule has 0 fully saturated rings. The van der Waals surface area contributed by atoms with Crippen molar-refractivity contribution in [2.45, 2.75) is 13.0 Å². The molecule has 0 aliphatic rings. The number of hydrogen-bond donors (Lipinski definition) is 2. The summed E-state index contributed by atoms with van der Waals surface area (Å²) in [6.07, 6.45) is 0. The van der Waals surface area contributed by atoms with Gasteiger partial charge in [-0.1, -0.05) is 42.5 Å². The highest BCUT2D eigenvalue weighted by Crippen LogP contribution is 2.28. The lowest BCUT2D eigenvalue weighted by Gasteiger charge is -2.14. The lowest BCUT2D eigenvalue weighted by atomic mass is 10.00. The Morgan fingerprint density at radius 1 is 1.18 bits per heavy atom. The quantitative estimate of drug-likeness (QED) is 0.486. The fourth-order valence-corrected chi connectivity index (χ4v) is 3.15. The highest BCUT2D eigenvalue weighted by atomic mass is 16.6. The van der Waals surface area contributed by atoms with E-state index >= 15 is 0 Å². The van der Waals surface area contributed by atoms with Crippen LogP contribution in [0.25, 0.3) is 10.8 Å². The third-order valence-electron chi connectivity index (χ3n) is 4.65. The first kappa shape index (κ1) is 19.3. The summed E-state index contributed by atoms with van der Waals surface area (Å²) in [4.78, 5) is 23.0. The number of quaternary nitrogens is 1. The number of carbonyl (C=O) groups is 1. The molecule has 1 amide bonds. The van der Waals surface area contributed by atoms with Crippen LogP contribution in [0.5, 0.6) is 5.75 Å². The topological polar surface area (TPSA) is 98.1 Å². The molecular formula is C21H22N3O4+. The molecule has 0 radical (unpaired) electrons. The summed E-state index contributed by atoms with van der Waals surface area (Å²) in [5.74, 6) is 0.0567. The summed E-state index contributed by atoms with van der Waals surface area (Å²) >= 11 is 0. The number of nitro groups is 1. The van der Waals surface area contributed by atoms with Crippen molar-refractivity contribution < 1.29 is 19.8 Å². The zero-order valence-electron chi connectivity index (χ0n) is 15.7. The number of anilines is 1. The Labute approximate surface area is 162 Å². The Morgan fingerprint density at radius 3 is 2.68 bits per heavy atom. The zero-order chi connectivity index (χ0) is 20.1. The van der Waals surface area contributed by atoms with Crippen molar-refractivity contribution in [2.24, 2.45) is 0 Å². The van der Waals surface area contributed by atoms with E-state index in [2.05, 4.69) is 29.6 Å². The van der Waals surface area contributed by atoms with Crippen molar-refractivity contribution in [3.8, 4) is 5.75 Å². The molecule has 0 saturated heterocycles. The number of ether oxygens (including phenoxy) is 1. The number of benzene rings is 3. The molecule has 0 unspecified atom stereocenters. The van der Waals surface area contributed by atoms with E-state index in [1.165, 1.54) is 19.2 Å². The predicted octanol–water partition coefficient (Wildman–Crippen LogP) is 3.02. The summed E-state index contributed by atoms with van der Waals surface area (Å²) in [6, 6.07) is 18.6. The second kappa shape index (κ2) is 8.49. The molecule has 0 aliphatic carbocycles. The van der Waals surface area contributed by atoms with Gasteiger partial charge in [0.25, 0.3) is 11.6 Å². The average molecular weight is 380 g/mol. The lowest BCUT2D eigenvalue weighted by molar-refractivity contribution is -0.682. The van der Waals surface area contributed by atoms with Gasteiger partial charge in [-0.2, -0.15) is 0 Å². The normalized spacial score (nSPS) is 11.8. The minimum Gasteiger partial charge on any atom is -0.496 e.